The predicted molar refractivity (Wildman–Crippen MR) is 100 cm³/mol. The van der Waals surface area contributed by atoms with Gasteiger partial charge in [-0.2, -0.15) is 9.50 Å². The van der Waals surface area contributed by atoms with E-state index in [4.69, 9.17) is 4.98 Å². The Bertz CT molecular complexity index is 883. The highest BCUT2D eigenvalue weighted by atomic mass is 32.1. The lowest BCUT2D eigenvalue weighted by Gasteiger charge is -2.25. The number of likely N-dealkylation sites (N-methyl/N-ethyl adjacent to an activating group) is 1. The minimum absolute atomic E-state index is 0.563. The number of thiophene rings is 1. The molecule has 8 nitrogen and oxygen atoms in total. The van der Waals surface area contributed by atoms with Gasteiger partial charge in [-0.05, 0) is 56.0 Å². The Balaban J connectivity index is 1.74. The molecule has 0 atom stereocenters. The van der Waals surface area contributed by atoms with Crippen molar-refractivity contribution in [3.63, 3.8) is 0 Å². The maximum Gasteiger partial charge on any atom is 0.276 e. The van der Waals surface area contributed by atoms with Gasteiger partial charge in [0.05, 0.1) is 5.39 Å². The van der Waals surface area contributed by atoms with Crippen LogP contribution in [0, 0.1) is 0 Å². The van der Waals surface area contributed by atoms with E-state index in [0.29, 0.717) is 5.78 Å². The molecular formula is C16H24N8S. The highest BCUT2D eigenvalue weighted by Crippen LogP contribution is 2.38. The van der Waals surface area contributed by atoms with E-state index in [1.54, 1.807) is 15.9 Å². The quantitative estimate of drug-likeness (QED) is 0.667. The summed E-state index contributed by atoms with van der Waals surface area (Å²) < 4.78 is 1.78. The monoisotopic (exact) mass is 360 g/mol. The van der Waals surface area contributed by atoms with Gasteiger partial charge in [-0.3, -0.25) is 4.90 Å². The first kappa shape index (κ1) is 16.6. The van der Waals surface area contributed by atoms with Gasteiger partial charge in [-0.1, -0.05) is 12.0 Å². The summed E-state index contributed by atoms with van der Waals surface area (Å²) in [5, 5.41) is 16.8. The number of rotatable bonds is 6. The number of tetrazole rings is 1. The van der Waals surface area contributed by atoms with Crippen molar-refractivity contribution in [3.8, 4) is 0 Å². The number of hydrogen-bond donors (Lipinski definition) is 1. The number of nitrogens with one attached hydrogen (secondary N) is 1. The van der Waals surface area contributed by atoms with E-state index in [1.807, 2.05) is 0 Å². The minimum Gasteiger partial charge on any atom is -0.369 e. The second kappa shape index (κ2) is 6.81. The molecule has 3 aromatic heterocycles. The van der Waals surface area contributed by atoms with E-state index in [-0.39, 0.29) is 0 Å². The fraction of sp³-hybridized carbons (Fsp3) is 0.625. The van der Waals surface area contributed by atoms with Crippen LogP contribution in [-0.2, 0) is 13.0 Å². The van der Waals surface area contributed by atoms with Crippen molar-refractivity contribution < 1.29 is 0 Å². The van der Waals surface area contributed by atoms with Crippen molar-refractivity contribution >= 4 is 33.1 Å². The van der Waals surface area contributed by atoms with Crippen LogP contribution in [0.5, 0.6) is 0 Å². The molecule has 0 unspecified atom stereocenters. The molecule has 4 heterocycles. The first-order valence-corrected chi connectivity index (χ1v) is 9.62. The Hall–Kier alpha value is -1.84. The largest absolute Gasteiger partial charge is 0.369 e. The Kier molecular flexibility index (Phi) is 4.53. The zero-order valence-electron chi connectivity index (χ0n) is 15.0. The lowest BCUT2D eigenvalue weighted by Crippen LogP contribution is -2.29. The molecule has 0 saturated carbocycles. The maximum atomic E-state index is 4.69. The van der Waals surface area contributed by atoms with Gasteiger partial charge in [0, 0.05) is 24.5 Å². The third-order valence-corrected chi connectivity index (χ3v) is 5.93. The van der Waals surface area contributed by atoms with Gasteiger partial charge in [0.2, 0.25) is 0 Å². The molecule has 0 saturated heterocycles. The summed E-state index contributed by atoms with van der Waals surface area (Å²) in [7, 11) is 4.19. The van der Waals surface area contributed by atoms with Crippen molar-refractivity contribution in [3.05, 3.63) is 10.4 Å². The summed E-state index contributed by atoms with van der Waals surface area (Å²) in [6.45, 7) is 7.36. The normalized spacial score (nSPS) is 15.4. The van der Waals surface area contributed by atoms with Gasteiger partial charge in [0.1, 0.15) is 10.6 Å². The van der Waals surface area contributed by atoms with Crippen molar-refractivity contribution in [2.75, 3.05) is 45.6 Å². The number of anilines is 1. The zero-order valence-corrected chi connectivity index (χ0v) is 15.8. The molecule has 0 radical (unpaired) electrons. The lowest BCUT2D eigenvalue weighted by atomic mass is 10.0. The Morgan fingerprint density at radius 3 is 3.00 bits per heavy atom. The number of hydrogen-bond acceptors (Lipinski definition) is 8. The van der Waals surface area contributed by atoms with E-state index in [1.165, 1.54) is 15.8 Å². The predicted octanol–water partition coefficient (Wildman–Crippen LogP) is 1.48. The first-order chi connectivity index (χ1) is 12.2. The molecule has 0 aliphatic carbocycles. The molecule has 0 fully saturated rings. The van der Waals surface area contributed by atoms with Crippen LogP contribution in [-0.4, -0.2) is 75.1 Å². The van der Waals surface area contributed by atoms with E-state index in [0.717, 1.165) is 56.2 Å². The Labute approximate surface area is 150 Å². The summed E-state index contributed by atoms with van der Waals surface area (Å²) in [5.41, 5.74) is 1.42. The SMILES string of the molecule is CCN1CCc2c(sc3c2c(NCCCN(C)C)nc2nnnn23)C1. The smallest absolute Gasteiger partial charge is 0.276 e. The number of aromatic nitrogens is 5. The standard InChI is InChI=1S/C16H24N8S/c1-4-23-9-6-11-12(10-23)25-15-13(11)14(17-7-5-8-22(2)3)18-16-19-20-21-24(15)16/h4-10H2,1-3H3,(H,17,18,19,21). The Morgan fingerprint density at radius 1 is 1.32 bits per heavy atom. The topological polar surface area (TPSA) is 74.5 Å². The average molecular weight is 360 g/mol. The molecule has 3 aromatic rings. The van der Waals surface area contributed by atoms with E-state index in [2.05, 4.69) is 51.7 Å². The molecule has 1 aliphatic heterocycles. The second-order valence-corrected chi connectivity index (χ2v) is 7.82. The van der Waals surface area contributed by atoms with Crippen LogP contribution in [0.1, 0.15) is 23.8 Å². The van der Waals surface area contributed by atoms with Crippen LogP contribution >= 0.6 is 11.3 Å². The van der Waals surface area contributed by atoms with Crippen LogP contribution in [0.3, 0.4) is 0 Å². The summed E-state index contributed by atoms with van der Waals surface area (Å²) in [6.07, 6.45) is 2.13. The minimum atomic E-state index is 0.563. The van der Waals surface area contributed by atoms with Gasteiger partial charge in [-0.25, -0.2) is 0 Å². The second-order valence-electron chi connectivity index (χ2n) is 6.74. The zero-order chi connectivity index (χ0) is 17.4. The third-order valence-electron chi connectivity index (χ3n) is 4.73. The van der Waals surface area contributed by atoms with Gasteiger partial charge >= 0.3 is 0 Å². The maximum absolute atomic E-state index is 4.69. The molecular weight excluding hydrogens is 336 g/mol. The van der Waals surface area contributed by atoms with Crippen LogP contribution in [0.4, 0.5) is 5.82 Å². The fourth-order valence-corrected chi connectivity index (χ4v) is 4.71. The number of fused-ring (bicyclic) bond motifs is 5. The summed E-state index contributed by atoms with van der Waals surface area (Å²) >= 11 is 1.80. The molecule has 1 aliphatic rings. The van der Waals surface area contributed by atoms with Crippen LogP contribution in [0.15, 0.2) is 0 Å². The van der Waals surface area contributed by atoms with Crippen molar-refractivity contribution in [2.24, 2.45) is 0 Å². The van der Waals surface area contributed by atoms with Crippen molar-refractivity contribution in [1.29, 1.82) is 0 Å². The molecule has 25 heavy (non-hydrogen) atoms. The van der Waals surface area contributed by atoms with Crippen molar-refractivity contribution in [2.45, 2.75) is 26.3 Å². The van der Waals surface area contributed by atoms with E-state index < -0.39 is 0 Å². The van der Waals surface area contributed by atoms with E-state index >= 15 is 0 Å². The molecule has 0 spiro atoms. The van der Waals surface area contributed by atoms with Gasteiger partial charge < -0.3 is 10.2 Å². The van der Waals surface area contributed by atoms with Crippen LogP contribution in [0.2, 0.25) is 0 Å². The van der Waals surface area contributed by atoms with E-state index in [9.17, 15) is 0 Å². The molecule has 9 heteroatoms. The Morgan fingerprint density at radius 2 is 2.20 bits per heavy atom. The van der Waals surface area contributed by atoms with Crippen LogP contribution < -0.4 is 5.32 Å². The molecule has 134 valence electrons. The molecule has 0 aromatic carbocycles. The van der Waals surface area contributed by atoms with Crippen LogP contribution in [0.25, 0.3) is 16.0 Å². The van der Waals surface area contributed by atoms with Crippen molar-refractivity contribution in [1.82, 2.24) is 34.8 Å². The first-order valence-electron chi connectivity index (χ1n) is 8.80. The third kappa shape index (κ3) is 3.07. The lowest BCUT2D eigenvalue weighted by molar-refractivity contribution is 0.272. The molecule has 0 amide bonds. The van der Waals surface area contributed by atoms with Gasteiger partial charge in [0.25, 0.3) is 5.78 Å². The molecule has 4 rings (SSSR count). The summed E-state index contributed by atoms with van der Waals surface area (Å²) in [6, 6.07) is 0. The summed E-state index contributed by atoms with van der Waals surface area (Å²) in [5.74, 6) is 1.49. The highest BCUT2D eigenvalue weighted by Gasteiger charge is 2.25. The highest BCUT2D eigenvalue weighted by molar-refractivity contribution is 7.19. The fourth-order valence-electron chi connectivity index (χ4n) is 3.37. The number of nitrogens with zero attached hydrogens (tertiary/aromatic N) is 7. The van der Waals surface area contributed by atoms with Gasteiger partial charge in [-0.15, -0.1) is 11.3 Å². The average Bonchev–Trinajstić information content (AvgIpc) is 3.21. The molecule has 1 N–H and O–H groups in total. The summed E-state index contributed by atoms with van der Waals surface area (Å²) in [4.78, 5) is 11.9. The molecule has 0 bridgehead atoms. The van der Waals surface area contributed by atoms with Gasteiger partial charge in [0.15, 0.2) is 0 Å².